The molecule has 6 aliphatic rings. The van der Waals surface area contributed by atoms with Crippen LogP contribution in [0, 0.1) is 17.5 Å². The molecule has 6 fully saturated rings. The molecule has 1 atom stereocenters. The predicted molar refractivity (Wildman–Crippen MR) is 412 cm³/mol. The van der Waals surface area contributed by atoms with Gasteiger partial charge in [-0.25, -0.2) is 13.2 Å². The van der Waals surface area contributed by atoms with Crippen LogP contribution in [-0.2, 0) is 32.7 Å². The molecule has 1 N–H and O–H groups in total. The number of hydrogen-bond donors (Lipinski definition) is 1. The zero-order valence-electron chi connectivity index (χ0n) is 64.6. The van der Waals surface area contributed by atoms with E-state index in [-0.39, 0.29) is 17.5 Å². The Morgan fingerprint density at radius 1 is 0.414 bits per heavy atom. The first-order valence-electron chi connectivity index (χ1n) is 38.0. The number of aromatic nitrogens is 1. The molecular weight excluding hydrogens is 1260 g/mol. The van der Waals surface area contributed by atoms with Gasteiger partial charge in [0.15, 0.2) is 0 Å². The first-order chi connectivity index (χ1) is 47.2. The summed E-state index contributed by atoms with van der Waals surface area (Å²) in [6.07, 6.45) is 10.5. The molecule has 0 bridgehead atoms. The van der Waals surface area contributed by atoms with Crippen molar-refractivity contribution in [2.24, 2.45) is 0 Å². The van der Waals surface area contributed by atoms with Crippen molar-refractivity contribution in [2.45, 2.75) is 201 Å². The summed E-state index contributed by atoms with van der Waals surface area (Å²) in [7, 11) is 15.1. The number of piperidine rings is 3. The Balaban J connectivity index is 0.000000175. The maximum atomic E-state index is 14.1. The van der Waals surface area contributed by atoms with Crippen LogP contribution in [0.5, 0.6) is 0 Å². The van der Waals surface area contributed by atoms with Crippen molar-refractivity contribution in [3.05, 3.63) is 169 Å². The molecule has 4 aromatic carbocycles. The van der Waals surface area contributed by atoms with E-state index in [1.54, 1.807) is 18.2 Å². The number of hydrogen-bond acceptors (Lipinski definition) is 12. The van der Waals surface area contributed by atoms with Crippen molar-refractivity contribution in [1.29, 1.82) is 0 Å². The van der Waals surface area contributed by atoms with Crippen LogP contribution >= 0.6 is 11.6 Å². The van der Waals surface area contributed by atoms with Crippen LogP contribution < -0.4 is 5.32 Å². The molecule has 0 amide bonds. The van der Waals surface area contributed by atoms with Crippen LogP contribution in [-0.4, -0.2) is 232 Å². The Bertz CT molecular complexity index is 3100. The number of benzene rings is 4. The maximum absolute atomic E-state index is 14.1. The second-order valence-electron chi connectivity index (χ2n) is 31.8. The normalized spacial score (nSPS) is 19.8. The van der Waals surface area contributed by atoms with Gasteiger partial charge in [-0.15, -0.1) is 0 Å². The summed E-state index contributed by atoms with van der Waals surface area (Å²) in [6.45, 7) is 43.9. The number of rotatable bonds is 19. The van der Waals surface area contributed by atoms with Gasteiger partial charge >= 0.3 is 0 Å². The van der Waals surface area contributed by atoms with E-state index in [1.165, 1.54) is 93.8 Å². The van der Waals surface area contributed by atoms with Crippen molar-refractivity contribution < 1.29 is 13.2 Å². The van der Waals surface area contributed by atoms with Crippen molar-refractivity contribution >= 4 is 11.6 Å². The van der Waals surface area contributed by atoms with Gasteiger partial charge in [-0.3, -0.25) is 29.5 Å². The van der Waals surface area contributed by atoms with Crippen molar-refractivity contribution in [3.8, 4) is 0 Å². The third kappa shape index (κ3) is 27.3. The Morgan fingerprint density at radius 2 is 0.798 bits per heavy atom. The molecule has 0 aliphatic carbocycles. The topological polar surface area (TPSA) is 57.3 Å². The molecule has 5 aromatic rings. The summed E-state index contributed by atoms with van der Waals surface area (Å²) in [5.74, 6) is 2.07. The van der Waals surface area contributed by atoms with E-state index >= 15 is 0 Å². The highest BCUT2D eigenvalue weighted by atomic mass is 35.5. The van der Waals surface area contributed by atoms with Crippen LogP contribution in [0.25, 0.3) is 0 Å². The second kappa shape index (κ2) is 41.2. The largest absolute Gasteiger partial charge is 0.310 e. The molecule has 0 saturated carbocycles. The highest BCUT2D eigenvalue weighted by Crippen LogP contribution is 2.28. The van der Waals surface area contributed by atoms with Crippen molar-refractivity contribution in [2.75, 3.05) is 154 Å². The standard InChI is InChI=1S/C20H32ClN3.C17H27FN2.2C16H25FN2.C14H23N3/c1-16(2)17-4-5-18(20(21)14-17)15-23-10-12-24(13-11-23)19-6-8-22(3)9-7-19;1-13(2)14-5-6-15(17(18)11-14)12-20-9-7-16(8-10-20)19(3)4;1-12(2)13-5-6-14(16(17)9-13)10-19-8-7-15(11-19)18(3)4;1-12(2)13-4-5-14(16(17)10-13)11-18-15-6-8-19(3)9-7-15;1-12(2)13-4-5-14(15-10-13)11-17-8-6-16(3)7-9-17/h4-5,14,16,19H,6-13,15H2,1-3H3;5-6,11,13,16H,7-10,12H2,1-4H3;5-6,9,12,15H,7-8,10-11H2,1-4H3;4-5,10,12,15,18H,6-9,11H2,1-3H3;4-5,10,12H,6-9,11H2,1-3H3. The third-order valence-corrected chi connectivity index (χ3v) is 22.2. The summed E-state index contributed by atoms with van der Waals surface area (Å²) in [5, 5.41) is 4.41. The fourth-order valence-electron chi connectivity index (χ4n) is 14.1. The monoisotopic (exact) mass is 1390 g/mol. The number of halogens is 4. The van der Waals surface area contributed by atoms with E-state index in [4.69, 9.17) is 11.6 Å². The number of pyridine rings is 1. The van der Waals surface area contributed by atoms with E-state index < -0.39 is 0 Å². The lowest BCUT2D eigenvalue weighted by Crippen LogP contribution is -2.52. The van der Waals surface area contributed by atoms with E-state index in [2.05, 4.69) is 220 Å². The summed E-state index contributed by atoms with van der Waals surface area (Å²) in [4.78, 5) is 28.8. The van der Waals surface area contributed by atoms with Gasteiger partial charge in [-0.1, -0.05) is 135 Å². The summed E-state index contributed by atoms with van der Waals surface area (Å²) in [5.41, 5.74) is 10.8. The number of nitrogens with one attached hydrogen (secondary N) is 1. The lowest BCUT2D eigenvalue weighted by molar-refractivity contribution is 0.0618. The molecule has 11 rings (SSSR count). The van der Waals surface area contributed by atoms with Gasteiger partial charge in [0.25, 0.3) is 0 Å². The number of likely N-dealkylation sites (N-methyl/N-ethyl adjacent to an activating group) is 2. The first-order valence-corrected chi connectivity index (χ1v) is 38.4. The molecule has 7 heterocycles. The van der Waals surface area contributed by atoms with Gasteiger partial charge < -0.3 is 29.8 Å². The van der Waals surface area contributed by atoms with Crippen LogP contribution in [0.3, 0.4) is 0 Å². The fraction of sp³-hybridized carbons (Fsp3) is 0.651. The van der Waals surface area contributed by atoms with Crippen molar-refractivity contribution in [1.82, 2.24) is 59.3 Å². The summed E-state index contributed by atoms with van der Waals surface area (Å²) in [6, 6.07) is 30.7. The minimum Gasteiger partial charge on any atom is -0.310 e. The molecule has 12 nitrogen and oxygen atoms in total. The van der Waals surface area contributed by atoms with E-state index in [0.29, 0.717) is 54.3 Å². The molecular formula is C83H132ClF3N12. The number of nitrogens with zero attached hydrogens (tertiary/aromatic N) is 11. The molecule has 1 aromatic heterocycles. The molecule has 552 valence electrons. The number of likely N-dealkylation sites (tertiary alicyclic amines) is 4. The predicted octanol–water partition coefficient (Wildman–Crippen LogP) is 15.3. The van der Waals surface area contributed by atoms with Gasteiger partial charge in [-0.2, -0.15) is 0 Å². The summed E-state index contributed by atoms with van der Waals surface area (Å²) >= 11 is 6.52. The van der Waals surface area contributed by atoms with Crippen LogP contribution in [0.15, 0.2) is 91.1 Å². The SMILES string of the molecule is CC(C)c1ccc(CN2CCC(N(C)C)C2)c(F)c1.CC(C)c1ccc(CN2CCC(N(C)C)CC2)c(F)c1.CC(C)c1ccc(CN2CCN(C)CC2)nc1.CC(C)c1ccc(CN2CCN(C3CCN(C)CC3)CC2)c(Cl)c1.CC(C)c1ccc(CNC2CCN(C)CC2)c(F)c1. The zero-order chi connectivity index (χ0) is 71.9. The molecule has 6 aliphatic heterocycles. The maximum Gasteiger partial charge on any atom is 0.127 e. The quantitative estimate of drug-likeness (QED) is 0.0857. The average Bonchev–Trinajstić information content (AvgIpc) is 1.64. The third-order valence-electron chi connectivity index (χ3n) is 21.8. The summed E-state index contributed by atoms with van der Waals surface area (Å²) < 4.78 is 42.2. The Kier molecular flexibility index (Phi) is 34.1. The highest BCUT2D eigenvalue weighted by molar-refractivity contribution is 6.31. The van der Waals surface area contributed by atoms with E-state index in [0.717, 1.165) is 149 Å². The minimum absolute atomic E-state index is 0.0501. The van der Waals surface area contributed by atoms with Gasteiger partial charge in [0.1, 0.15) is 17.5 Å². The average molecular weight is 1390 g/mol. The molecule has 6 saturated heterocycles. The van der Waals surface area contributed by atoms with Crippen molar-refractivity contribution in [3.63, 3.8) is 0 Å². The Hall–Kier alpha value is -4.33. The smallest absolute Gasteiger partial charge is 0.127 e. The fourth-order valence-corrected chi connectivity index (χ4v) is 14.4. The lowest BCUT2D eigenvalue weighted by atomic mass is 10.00. The van der Waals surface area contributed by atoms with Gasteiger partial charge in [0, 0.05) is 150 Å². The molecule has 16 heteroatoms. The van der Waals surface area contributed by atoms with Gasteiger partial charge in [0.2, 0.25) is 0 Å². The van der Waals surface area contributed by atoms with Crippen LogP contribution in [0.1, 0.15) is 200 Å². The zero-order valence-corrected chi connectivity index (χ0v) is 65.3. The minimum atomic E-state index is -0.0772. The van der Waals surface area contributed by atoms with Gasteiger partial charge in [0.05, 0.1) is 5.69 Å². The van der Waals surface area contributed by atoms with E-state index in [9.17, 15) is 13.2 Å². The molecule has 0 spiro atoms. The second-order valence-corrected chi connectivity index (χ2v) is 32.2. The Morgan fingerprint density at radius 3 is 1.24 bits per heavy atom. The Labute approximate surface area is 605 Å². The van der Waals surface area contributed by atoms with E-state index in [1.807, 2.05) is 30.5 Å². The molecule has 0 radical (unpaired) electrons. The first kappa shape index (κ1) is 82.0. The molecule has 1 unspecified atom stereocenters. The number of piperazine rings is 2. The lowest BCUT2D eigenvalue weighted by Gasteiger charge is -2.42. The molecule has 99 heavy (non-hydrogen) atoms. The van der Waals surface area contributed by atoms with Gasteiger partial charge in [-0.05, 0) is 227 Å². The highest BCUT2D eigenvalue weighted by Gasteiger charge is 2.29. The van der Waals surface area contributed by atoms with Crippen LogP contribution in [0.4, 0.5) is 13.2 Å². The van der Waals surface area contributed by atoms with Crippen LogP contribution in [0.2, 0.25) is 5.02 Å².